The number of carbonyl (C=O) groups is 2. The van der Waals surface area contributed by atoms with E-state index in [0.717, 1.165) is 28.8 Å². The SMILES string of the molecule is CCc1nc(C)cc(=O)n1CCOc1ccc(CC2SC(=O)CC2=O)cc1. The minimum absolute atomic E-state index is 0.00852. The molecule has 0 amide bonds. The molecule has 1 aliphatic rings. The lowest BCUT2D eigenvalue weighted by Crippen LogP contribution is -2.27. The predicted octanol–water partition coefficient (Wildman–Crippen LogP) is 2.34. The third kappa shape index (κ3) is 4.86. The second kappa shape index (κ2) is 8.52. The molecule has 2 heterocycles. The summed E-state index contributed by atoms with van der Waals surface area (Å²) in [6.07, 6.45) is 1.29. The highest BCUT2D eigenvalue weighted by atomic mass is 32.2. The molecule has 2 aromatic rings. The van der Waals surface area contributed by atoms with E-state index >= 15 is 0 Å². The zero-order valence-corrected chi connectivity index (χ0v) is 16.3. The van der Waals surface area contributed by atoms with Gasteiger partial charge in [0.2, 0.25) is 0 Å². The second-order valence-corrected chi connectivity index (χ2v) is 7.74. The predicted molar refractivity (Wildman–Crippen MR) is 104 cm³/mol. The number of aryl methyl sites for hydroxylation is 2. The monoisotopic (exact) mass is 386 g/mol. The molecule has 1 unspecified atom stereocenters. The minimum Gasteiger partial charge on any atom is -0.492 e. The number of thioether (sulfide) groups is 1. The number of ketones is 1. The Hall–Kier alpha value is -2.41. The van der Waals surface area contributed by atoms with E-state index in [9.17, 15) is 14.4 Å². The fourth-order valence-electron chi connectivity index (χ4n) is 3.06. The van der Waals surface area contributed by atoms with Crippen molar-refractivity contribution in [2.45, 2.75) is 44.9 Å². The zero-order valence-electron chi connectivity index (χ0n) is 15.4. The molecule has 0 bridgehead atoms. The Balaban J connectivity index is 1.56. The molecule has 1 atom stereocenters. The van der Waals surface area contributed by atoms with Crippen LogP contribution in [0, 0.1) is 6.92 Å². The van der Waals surface area contributed by atoms with Gasteiger partial charge >= 0.3 is 0 Å². The smallest absolute Gasteiger partial charge is 0.253 e. The van der Waals surface area contributed by atoms with Crippen molar-refractivity contribution in [1.82, 2.24) is 9.55 Å². The molecule has 1 aromatic carbocycles. The van der Waals surface area contributed by atoms with Gasteiger partial charge in [-0.3, -0.25) is 19.0 Å². The summed E-state index contributed by atoms with van der Waals surface area (Å²) in [5, 5.41) is -0.310. The van der Waals surface area contributed by atoms with Crippen LogP contribution < -0.4 is 10.3 Å². The Morgan fingerprint density at radius 1 is 1.22 bits per heavy atom. The average Bonchev–Trinajstić information content (AvgIpc) is 2.95. The third-order valence-electron chi connectivity index (χ3n) is 4.41. The van der Waals surface area contributed by atoms with Gasteiger partial charge in [0.25, 0.3) is 5.56 Å². The molecule has 0 radical (unpaired) electrons. The summed E-state index contributed by atoms with van der Waals surface area (Å²) in [5.74, 6) is 1.47. The standard InChI is InChI=1S/C20H22N2O4S/c1-3-18-21-13(2)10-19(24)22(18)8-9-26-15-6-4-14(5-7-15)11-17-16(23)12-20(25)27-17/h4-7,10,17H,3,8-9,11-12H2,1-2H3. The summed E-state index contributed by atoms with van der Waals surface area (Å²) in [4.78, 5) is 39.6. The van der Waals surface area contributed by atoms with E-state index in [4.69, 9.17) is 4.74 Å². The Morgan fingerprint density at radius 2 is 1.96 bits per heavy atom. The summed E-state index contributed by atoms with van der Waals surface area (Å²) in [6, 6.07) is 9.03. The first-order valence-corrected chi connectivity index (χ1v) is 9.85. The first kappa shape index (κ1) is 19.4. The van der Waals surface area contributed by atoms with E-state index in [0.29, 0.717) is 31.7 Å². The third-order valence-corrected chi connectivity index (χ3v) is 5.53. The maximum atomic E-state index is 12.1. The van der Waals surface area contributed by atoms with E-state index < -0.39 is 0 Å². The summed E-state index contributed by atoms with van der Waals surface area (Å²) < 4.78 is 7.38. The van der Waals surface area contributed by atoms with Crippen molar-refractivity contribution in [2.75, 3.05) is 6.61 Å². The summed E-state index contributed by atoms with van der Waals surface area (Å²) in [5.41, 5.74) is 1.66. The zero-order chi connectivity index (χ0) is 19.4. The number of hydrogen-bond acceptors (Lipinski definition) is 6. The number of hydrogen-bond donors (Lipinski definition) is 0. The molecule has 0 spiro atoms. The van der Waals surface area contributed by atoms with E-state index in [1.807, 2.05) is 38.1 Å². The van der Waals surface area contributed by atoms with Crippen molar-refractivity contribution >= 4 is 22.7 Å². The van der Waals surface area contributed by atoms with Gasteiger partial charge in [0, 0.05) is 18.2 Å². The Labute approximate surface area is 162 Å². The van der Waals surface area contributed by atoms with Crippen LogP contribution >= 0.6 is 11.8 Å². The van der Waals surface area contributed by atoms with Gasteiger partial charge in [-0.05, 0) is 31.0 Å². The quantitative estimate of drug-likeness (QED) is 0.680. The molecule has 1 aromatic heterocycles. The lowest BCUT2D eigenvalue weighted by molar-refractivity contribution is -0.121. The normalized spacial score (nSPS) is 16.7. The van der Waals surface area contributed by atoms with Crippen LogP contribution in [0.25, 0.3) is 0 Å². The highest BCUT2D eigenvalue weighted by Gasteiger charge is 2.31. The minimum atomic E-state index is -0.266. The Kier molecular flexibility index (Phi) is 6.11. The maximum Gasteiger partial charge on any atom is 0.253 e. The molecule has 0 saturated carbocycles. The fourth-order valence-corrected chi connectivity index (χ4v) is 4.09. The molecule has 1 saturated heterocycles. The molecular formula is C20H22N2O4S. The lowest BCUT2D eigenvalue weighted by Gasteiger charge is -2.13. The molecule has 0 N–H and O–H groups in total. The van der Waals surface area contributed by atoms with Crippen LogP contribution in [0.15, 0.2) is 35.1 Å². The first-order valence-electron chi connectivity index (χ1n) is 8.97. The van der Waals surface area contributed by atoms with Crippen LogP contribution in [-0.4, -0.2) is 32.3 Å². The molecule has 1 fully saturated rings. The number of benzene rings is 1. The van der Waals surface area contributed by atoms with Crippen LogP contribution in [0.1, 0.15) is 30.4 Å². The van der Waals surface area contributed by atoms with Crippen molar-refractivity contribution in [1.29, 1.82) is 0 Å². The first-order chi connectivity index (χ1) is 13.0. The lowest BCUT2D eigenvalue weighted by atomic mass is 10.1. The molecular weight excluding hydrogens is 364 g/mol. The van der Waals surface area contributed by atoms with Crippen LogP contribution in [-0.2, 0) is 29.0 Å². The Bertz CT molecular complexity index is 905. The van der Waals surface area contributed by atoms with E-state index in [1.165, 1.54) is 6.07 Å². The molecule has 142 valence electrons. The summed E-state index contributed by atoms with van der Waals surface area (Å²) >= 11 is 1.13. The van der Waals surface area contributed by atoms with Crippen LogP contribution in [0.5, 0.6) is 5.75 Å². The highest BCUT2D eigenvalue weighted by molar-refractivity contribution is 8.15. The Morgan fingerprint density at radius 3 is 2.59 bits per heavy atom. The number of rotatable bonds is 7. The fraction of sp³-hybridized carbons (Fsp3) is 0.400. The largest absolute Gasteiger partial charge is 0.492 e. The van der Waals surface area contributed by atoms with E-state index in [1.54, 1.807) is 4.57 Å². The van der Waals surface area contributed by atoms with E-state index in [2.05, 4.69) is 4.98 Å². The van der Waals surface area contributed by atoms with Gasteiger partial charge in [0.15, 0.2) is 10.9 Å². The number of carbonyl (C=O) groups excluding carboxylic acids is 2. The highest BCUT2D eigenvalue weighted by Crippen LogP contribution is 2.28. The molecule has 6 nitrogen and oxygen atoms in total. The number of nitrogens with zero attached hydrogens (tertiary/aromatic N) is 2. The molecule has 7 heteroatoms. The van der Waals surface area contributed by atoms with Crippen LogP contribution in [0.2, 0.25) is 0 Å². The average molecular weight is 386 g/mol. The molecule has 1 aliphatic heterocycles. The molecule has 0 aliphatic carbocycles. The van der Waals surface area contributed by atoms with Crippen molar-refractivity contribution in [3.8, 4) is 5.75 Å². The number of Topliss-reactive ketones (excluding diaryl/α,β-unsaturated/α-hetero) is 1. The second-order valence-electron chi connectivity index (χ2n) is 6.48. The van der Waals surface area contributed by atoms with Gasteiger partial charge < -0.3 is 4.74 Å². The van der Waals surface area contributed by atoms with Crippen molar-refractivity contribution in [3.05, 3.63) is 57.8 Å². The van der Waals surface area contributed by atoms with Crippen molar-refractivity contribution in [3.63, 3.8) is 0 Å². The van der Waals surface area contributed by atoms with Crippen LogP contribution in [0.4, 0.5) is 0 Å². The van der Waals surface area contributed by atoms with Gasteiger partial charge in [-0.2, -0.15) is 0 Å². The van der Waals surface area contributed by atoms with Crippen LogP contribution in [0.3, 0.4) is 0 Å². The van der Waals surface area contributed by atoms with Gasteiger partial charge in [-0.1, -0.05) is 30.8 Å². The number of aromatic nitrogens is 2. The topological polar surface area (TPSA) is 78.3 Å². The van der Waals surface area contributed by atoms with Gasteiger partial charge in [-0.25, -0.2) is 4.98 Å². The number of ether oxygens (including phenoxy) is 1. The molecule has 27 heavy (non-hydrogen) atoms. The summed E-state index contributed by atoms with van der Waals surface area (Å²) in [6.45, 7) is 4.59. The summed E-state index contributed by atoms with van der Waals surface area (Å²) in [7, 11) is 0. The maximum absolute atomic E-state index is 12.1. The van der Waals surface area contributed by atoms with Gasteiger partial charge in [-0.15, -0.1) is 0 Å². The van der Waals surface area contributed by atoms with E-state index in [-0.39, 0.29) is 28.1 Å². The van der Waals surface area contributed by atoms with Gasteiger partial charge in [0.05, 0.1) is 18.2 Å². The van der Waals surface area contributed by atoms with Crippen molar-refractivity contribution in [2.24, 2.45) is 0 Å². The molecule has 3 rings (SSSR count). The van der Waals surface area contributed by atoms with Gasteiger partial charge in [0.1, 0.15) is 18.2 Å². The van der Waals surface area contributed by atoms with Crippen molar-refractivity contribution < 1.29 is 14.3 Å².